The summed E-state index contributed by atoms with van der Waals surface area (Å²) in [5.41, 5.74) is 3.54. The minimum Gasteiger partial charge on any atom is -0.316 e. The van der Waals surface area contributed by atoms with E-state index in [1.165, 1.54) is 24.9 Å². The SMILES string of the molecule is CNC1CCCN(Cc2cn(-c3ccc(Br)cc3)nc2C)C1.Cl. The van der Waals surface area contributed by atoms with Gasteiger partial charge in [0.2, 0.25) is 0 Å². The molecule has 1 aromatic carbocycles. The molecule has 1 aliphatic heterocycles. The fraction of sp³-hybridized carbons (Fsp3) is 0.471. The van der Waals surface area contributed by atoms with Crippen molar-refractivity contribution in [1.29, 1.82) is 0 Å². The van der Waals surface area contributed by atoms with Crippen LogP contribution in [0.5, 0.6) is 0 Å². The molecule has 2 aromatic rings. The number of hydrogen-bond acceptors (Lipinski definition) is 3. The Bertz CT molecular complexity index is 626. The molecule has 23 heavy (non-hydrogen) atoms. The highest BCUT2D eigenvalue weighted by atomic mass is 79.9. The molecular weight excluding hydrogens is 376 g/mol. The standard InChI is InChI=1S/C17H23BrN4.ClH/c1-13-14(10-21-9-3-4-16(12-21)19-2)11-22(20-13)17-7-5-15(18)6-8-17;/h5-8,11,16,19H,3-4,9-10,12H2,1-2H3;1H. The van der Waals surface area contributed by atoms with Gasteiger partial charge >= 0.3 is 0 Å². The van der Waals surface area contributed by atoms with Gasteiger partial charge < -0.3 is 5.32 Å². The number of halogens is 2. The highest BCUT2D eigenvalue weighted by molar-refractivity contribution is 9.10. The van der Waals surface area contributed by atoms with Crippen LogP contribution in [0.2, 0.25) is 0 Å². The maximum atomic E-state index is 4.67. The third-order valence-electron chi connectivity index (χ3n) is 4.40. The summed E-state index contributed by atoms with van der Waals surface area (Å²) >= 11 is 3.47. The van der Waals surface area contributed by atoms with Crippen LogP contribution < -0.4 is 5.32 Å². The predicted octanol–water partition coefficient (Wildman–Crippen LogP) is 3.55. The van der Waals surface area contributed by atoms with E-state index in [-0.39, 0.29) is 12.4 Å². The number of aryl methyl sites for hydroxylation is 1. The number of likely N-dealkylation sites (tertiary alicyclic amines) is 1. The summed E-state index contributed by atoms with van der Waals surface area (Å²) in [5.74, 6) is 0. The second kappa shape index (κ2) is 8.29. The van der Waals surface area contributed by atoms with Crippen LogP contribution in [0.4, 0.5) is 0 Å². The van der Waals surface area contributed by atoms with Gasteiger partial charge in [0.25, 0.3) is 0 Å². The molecule has 1 aromatic heterocycles. The Morgan fingerprint density at radius 2 is 2.04 bits per heavy atom. The fourth-order valence-corrected chi connectivity index (χ4v) is 3.32. The molecule has 0 spiro atoms. The van der Waals surface area contributed by atoms with Gasteiger partial charge in [-0.1, -0.05) is 15.9 Å². The van der Waals surface area contributed by atoms with Crippen molar-refractivity contribution >= 4 is 28.3 Å². The van der Waals surface area contributed by atoms with Gasteiger partial charge in [-0.25, -0.2) is 4.68 Å². The van der Waals surface area contributed by atoms with Gasteiger partial charge in [0, 0.05) is 35.4 Å². The molecule has 2 heterocycles. The number of rotatable bonds is 4. The van der Waals surface area contributed by atoms with E-state index in [0.29, 0.717) is 6.04 Å². The van der Waals surface area contributed by atoms with Crippen molar-refractivity contribution in [3.05, 3.63) is 46.2 Å². The minimum absolute atomic E-state index is 0. The summed E-state index contributed by atoms with van der Waals surface area (Å²) in [6, 6.07) is 8.88. The zero-order chi connectivity index (χ0) is 15.5. The van der Waals surface area contributed by atoms with Crippen molar-refractivity contribution in [1.82, 2.24) is 20.0 Å². The topological polar surface area (TPSA) is 33.1 Å². The Morgan fingerprint density at radius 3 is 2.74 bits per heavy atom. The first-order valence-corrected chi connectivity index (χ1v) is 8.65. The molecule has 1 atom stereocenters. The van der Waals surface area contributed by atoms with Crippen LogP contribution in [-0.4, -0.2) is 40.9 Å². The number of piperidine rings is 1. The molecule has 0 saturated carbocycles. The Kier molecular flexibility index (Phi) is 6.65. The van der Waals surface area contributed by atoms with E-state index in [1.807, 2.05) is 16.8 Å². The zero-order valence-electron chi connectivity index (χ0n) is 13.6. The van der Waals surface area contributed by atoms with Crippen LogP contribution in [0.3, 0.4) is 0 Å². The molecule has 1 saturated heterocycles. The van der Waals surface area contributed by atoms with Crippen molar-refractivity contribution in [2.45, 2.75) is 32.4 Å². The lowest BCUT2D eigenvalue weighted by Crippen LogP contribution is -2.43. The number of hydrogen-bond donors (Lipinski definition) is 1. The van der Waals surface area contributed by atoms with Crippen molar-refractivity contribution < 1.29 is 0 Å². The van der Waals surface area contributed by atoms with Gasteiger partial charge in [0.15, 0.2) is 0 Å². The molecule has 0 aliphatic carbocycles. The van der Waals surface area contributed by atoms with Crippen LogP contribution in [0.25, 0.3) is 5.69 Å². The van der Waals surface area contributed by atoms with E-state index >= 15 is 0 Å². The molecule has 1 fully saturated rings. The first kappa shape index (κ1) is 18.5. The molecule has 3 rings (SSSR count). The number of benzene rings is 1. The van der Waals surface area contributed by atoms with Crippen molar-refractivity contribution in [2.24, 2.45) is 0 Å². The molecule has 4 nitrogen and oxygen atoms in total. The van der Waals surface area contributed by atoms with E-state index in [2.05, 4.69) is 63.5 Å². The highest BCUT2D eigenvalue weighted by Gasteiger charge is 2.19. The van der Waals surface area contributed by atoms with Gasteiger partial charge in [-0.15, -0.1) is 12.4 Å². The normalized spacial score (nSPS) is 18.7. The van der Waals surface area contributed by atoms with Gasteiger partial charge in [-0.3, -0.25) is 4.90 Å². The van der Waals surface area contributed by atoms with Crippen LogP contribution in [0.1, 0.15) is 24.1 Å². The molecule has 1 N–H and O–H groups in total. The first-order chi connectivity index (χ1) is 10.7. The number of nitrogens with one attached hydrogen (secondary N) is 1. The quantitative estimate of drug-likeness (QED) is 0.853. The molecule has 0 bridgehead atoms. The van der Waals surface area contributed by atoms with E-state index in [9.17, 15) is 0 Å². The first-order valence-electron chi connectivity index (χ1n) is 7.86. The molecule has 1 unspecified atom stereocenters. The molecule has 0 radical (unpaired) electrons. The fourth-order valence-electron chi connectivity index (χ4n) is 3.05. The Balaban J connectivity index is 0.00000192. The Hall–Kier alpha value is -0.880. The largest absolute Gasteiger partial charge is 0.316 e. The van der Waals surface area contributed by atoms with Crippen molar-refractivity contribution in [2.75, 3.05) is 20.1 Å². The van der Waals surface area contributed by atoms with Gasteiger partial charge in [0.1, 0.15) is 0 Å². The van der Waals surface area contributed by atoms with E-state index in [1.54, 1.807) is 0 Å². The summed E-state index contributed by atoms with van der Waals surface area (Å²) in [6.45, 7) is 5.39. The second-order valence-electron chi connectivity index (χ2n) is 6.02. The molecule has 126 valence electrons. The molecule has 0 amide bonds. The van der Waals surface area contributed by atoms with Gasteiger partial charge in [0.05, 0.1) is 11.4 Å². The van der Waals surface area contributed by atoms with Crippen LogP contribution in [-0.2, 0) is 6.54 Å². The zero-order valence-corrected chi connectivity index (χ0v) is 16.0. The second-order valence-corrected chi connectivity index (χ2v) is 6.94. The highest BCUT2D eigenvalue weighted by Crippen LogP contribution is 2.18. The van der Waals surface area contributed by atoms with E-state index in [4.69, 9.17) is 0 Å². The number of aromatic nitrogens is 2. The molecule has 1 aliphatic rings. The summed E-state index contributed by atoms with van der Waals surface area (Å²) < 4.78 is 3.07. The lowest BCUT2D eigenvalue weighted by Gasteiger charge is -2.32. The van der Waals surface area contributed by atoms with Crippen LogP contribution in [0.15, 0.2) is 34.9 Å². The lowest BCUT2D eigenvalue weighted by molar-refractivity contribution is 0.187. The third kappa shape index (κ3) is 4.57. The lowest BCUT2D eigenvalue weighted by atomic mass is 10.1. The monoisotopic (exact) mass is 398 g/mol. The Morgan fingerprint density at radius 1 is 1.30 bits per heavy atom. The third-order valence-corrected chi connectivity index (χ3v) is 4.93. The number of likely N-dealkylation sites (N-methyl/N-ethyl adjacent to an activating group) is 1. The van der Waals surface area contributed by atoms with E-state index < -0.39 is 0 Å². The summed E-state index contributed by atoms with van der Waals surface area (Å²) in [5, 5.41) is 8.08. The predicted molar refractivity (Wildman–Crippen MR) is 101 cm³/mol. The molecule has 6 heteroatoms. The summed E-state index contributed by atoms with van der Waals surface area (Å²) in [4.78, 5) is 2.53. The number of nitrogens with zero attached hydrogens (tertiary/aromatic N) is 3. The molecular formula is C17H24BrClN4. The maximum absolute atomic E-state index is 4.67. The summed E-state index contributed by atoms with van der Waals surface area (Å²) in [6.07, 6.45) is 4.72. The van der Waals surface area contributed by atoms with Gasteiger partial charge in [-0.2, -0.15) is 5.10 Å². The summed E-state index contributed by atoms with van der Waals surface area (Å²) in [7, 11) is 2.06. The Labute approximate surface area is 152 Å². The average molecular weight is 400 g/mol. The van der Waals surface area contributed by atoms with Crippen molar-refractivity contribution in [3.8, 4) is 5.69 Å². The van der Waals surface area contributed by atoms with Crippen LogP contribution >= 0.6 is 28.3 Å². The van der Waals surface area contributed by atoms with Crippen LogP contribution in [0, 0.1) is 6.92 Å². The minimum atomic E-state index is 0. The smallest absolute Gasteiger partial charge is 0.0646 e. The van der Waals surface area contributed by atoms with E-state index in [0.717, 1.165) is 28.9 Å². The van der Waals surface area contributed by atoms with Crippen molar-refractivity contribution in [3.63, 3.8) is 0 Å². The maximum Gasteiger partial charge on any atom is 0.0646 e. The van der Waals surface area contributed by atoms with Gasteiger partial charge in [-0.05, 0) is 57.6 Å². The average Bonchev–Trinajstić information content (AvgIpc) is 2.89.